The average Bonchev–Trinajstić information content (AvgIpc) is 2.74. The molecule has 1 aromatic heterocycles. The van der Waals surface area contributed by atoms with Crippen LogP contribution in [0.4, 0.5) is 4.79 Å². The predicted molar refractivity (Wildman–Crippen MR) is 75.4 cm³/mol. The van der Waals surface area contributed by atoms with Crippen molar-refractivity contribution in [2.75, 3.05) is 7.05 Å². The van der Waals surface area contributed by atoms with E-state index in [1.165, 1.54) is 7.05 Å². The number of nitrogens with two attached hydrogens (primary N) is 1. The lowest BCUT2D eigenvalue weighted by atomic mass is 10.2. The van der Waals surface area contributed by atoms with Crippen LogP contribution in [0.1, 0.15) is 18.2 Å². The molecule has 0 radical (unpaired) electrons. The van der Waals surface area contributed by atoms with Gasteiger partial charge in [0.2, 0.25) is 5.96 Å². The van der Waals surface area contributed by atoms with E-state index in [-0.39, 0.29) is 5.96 Å². The van der Waals surface area contributed by atoms with Gasteiger partial charge in [-0.15, -0.1) is 0 Å². The molecule has 0 aliphatic heterocycles. The Labute approximate surface area is 112 Å². The van der Waals surface area contributed by atoms with Gasteiger partial charge in [0.25, 0.3) is 0 Å². The molecule has 2 amide bonds. The number of aliphatic imine (C=N–C) groups is 1. The molecule has 0 aromatic carbocycles. The lowest BCUT2D eigenvalue weighted by Gasteiger charge is -2.03. The molecule has 19 heavy (non-hydrogen) atoms. The van der Waals surface area contributed by atoms with Crippen molar-refractivity contribution in [2.24, 2.45) is 10.7 Å². The maximum Gasteiger partial charge on any atom is 0.321 e. The number of urea groups is 1. The topological polar surface area (TPSA) is 92.7 Å². The second-order valence-corrected chi connectivity index (χ2v) is 3.76. The molecule has 0 saturated carbocycles. The Morgan fingerprint density at radius 2 is 2.26 bits per heavy atom. The number of furan rings is 1. The number of guanidine groups is 1. The van der Waals surface area contributed by atoms with E-state index in [2.05, 4.69) is 15.6 Å². The van der Waals surface area contributed by atoms with E-state index in [9.17, 15) is 4.79 Å². The fraction of sp³-hybridized carbons (Fsp3) is 0.231. The smallest absolute Gasteiger partial charge is 0.321 e. The third-order valence-electron chi connectivity index (χ3n) is 2.12. The summed E-state index contributed by atoms with van der Waals surface area (Å²) in [7, 11) is 1.50. The first-order chi connectivity index (χ1) is 9.05. The highest BCUT2D eigenvalue weighted by atomic mass is 16.3. The highest BCUT2D eigenvalue weighted by molar-refractivity contribution is 5.95. The molecule has 1 rings (SSSR count). The van der Waals surface area contributed by atoms with Crippen molar-refractivity contribution in [1.29, 1.82) is 0 Å². The normalized spacial score (nSPS) is 12.8. The number of hydrogen-bond donors (Lipinski definition) is 3. The van der Waals surface area contributed by atoms with Gasteiger partial charge >= 0.3 is 6.03 Å². The summed E-state index contributed by atoms with van der Waals surface area (Å²) in [4.78, 5) is 15.2. The van der Waals surface area contributed by atoms with Crippen molar-refractivity contribution in [2.45, 2.75) is 13.8 Å². The van der Waals surface area contributed by atoms with E-state index < -0.39 is 6.03 Å². The van der Waals surface area contributed by atoms with Crippen LogP contribution in [0.3, 0.4) is 0 Å². The Balaban J connectivity index is 2.92. The second kappa shape index (κ2) is 7.05. The number of allylic oxidation sites excluding steroid dienone is 2. The molecule has 0 aliphatic rings. The molecule has 0 fully saturated rings. The van der Waals surface area contributed by atoms with E-state index in [1.807, 2.05) is 26.0 Å². The minimum Gasteiger partial charge on any atom is -0.469 e. The highest BCUT2D eigenvalue weighted by Crippen LogP contribution is 2.12. The summed E-state index contributed by atoms with van der Waals surface area (Å²) in [6.45, 7) is 3.73. The molecule has 0 unspecified atom stereocenters. The van der Waals surface area contributed by atoms with Gasteiger partial charge in [0.05, 0.1) is 12.0 Å². The molecule has 1 heterocycles. The summed E-state index contributed by atoms with van der Waals surface area (Å²) in [6, 6.07) is 1.46. The molecule has 0 spiro atoms. The molecule has 0 aliphatic carbocycles. The molecule has 0 atom stereocenters. The molecule has 6 heteroatoms. The predicted octanol–water partition coefficient (Wildman–Crippen LogP) is 1.75. The van der Waals surface area contributed by atoms with Crippen LogP contribution in [0.2, 0.25) is 0 Å². The third-order valence-corrected chi connectivity index (χ3v) is 2.12. The molecule has 0 bridgehead atoms. The van der Waals surface area contributed by atoms with Gasteiger partial charge in [0, 0.05) is 12.6 Å². The van der Waals surface area contributed by atoms with Crippen LogP contribution >= 0.6 is 0 Å². The summed E-state index contributed by atoms with van der Waals surface area (Å²) in [5, 5.41) is 4.78. The van der Waals surface area contributed by atoms with E-state index >= 15 is 0 Å². The van der Waals surface area contributed by atoms with E-state index in [1.54, 1.807) is 18.4 Å². The van der Waals surface area contributed by atoms with E-state index in [0.29, 0.717) is 5.70 Å². The number of hydrogen-bond acceptors (Lipinski definition) is 3. The van der Waals surface area contributed by atoms with Crippen LogP contribution in [0.5, 0.6) is 0 Å². The van der Waals surface area contributed by atoms with E-state index in [4.69, 9.17) is 10.2 Å². The molecule has 1 aromatic rings. The first kappa shape index (κ1) is 14.6. The SMILES string of the molecule is C/C=C\C(=C/c1coc(C)c1)N=C(N)NC(=O)NC. The van der Waals surface area contributed by atoms with Gasteiger partial charge in [-0.3, -0.25) is 5.32 Å². The minimum atomic E-state index is -0.416. The molecule has 102 valence electrons. The van der Waals surface area contributed by atoms with Crippen LogP contribution in [-0.2, 0) is 0 Å². The Morgan fingerprint density at radius 1 is 1.53 bits per heavy atom. The quantitative estimate of drug-likeness (QED) is 0.440. The van der Waals surface area contributed by atoms with Crippen molar-refractivity contribution in [3.8, 4) is 0 Å². The van der Waals surface area contributed by atoms with Gasteiger partial charge in [-0.05, 0) is 32.1 Å². The van der Waals surface area contributed by atoms with Crippen molar-refractivity contribution in [3.05, 3.63) is 41.5 Å². The number of carbonyl (C=O) groups excluding carboxylic acids is 1. The number of aryl methyl sites for hydroxylation is 1. The van der Waals surface area contributed by atoms with Crippen LogP contribution in [0.25, 0.3) is 6.08 Å². The van der Waals surface area contributed by atoms with E-state index in [0.717, 1.165) is 11.3 Å². The van der Waals surface area contributed by atoms with Crippen LogP contribution in [0.15, 0.2) is 39.6 Å². The van der Waals surface area contributed by atoms with Crippen molar-refractivity contribution < 1.29 is 9.21 Å². The number of amides is 2. The standard InChI is InChI=1S/C13H18N4O2/c1-4-5-11(7-10-6-9(2)19-8-10)16-12(14)17-13(18)15-3/h4-8H,1-3H3,(H4,14,15,16,17,18)/b5-4-,11-7+. The van der Waals surface area contributed by atoms with Crippen LogP contribution in [-0.4, -0.2) is 19.0 Å². The number of nitrogens with one attached hydrogen (secondary N) is 2. The molecule has 6 nitrogen and oxygen atoms in total. The zero-order chi connectivity index (χ0) is 14.3. The third kappa shape index (κ3) is 5.12. The zero-order valence-corrected chi connectivity index (χ0v) is 11.2. The molecular weight excluding hydrogens is 244 g/mol. The molecular formula is C13H18N4O2. The fourth-order valence-corrected chi connectivity index (χ4v) is 1.34. The number of carbonyl (C=O) groups is 1. The lowest BCUT2D eigenvalue weighted by Crippen LogP contribution is -2.41. The first-order valence-electron chi connectivity index (χ1n) is 5.77. The largest absolute Gasteiger partial charge is 0.469 e. The average molecular weight is 262 g/mol. The fourth-order valence-electron chi connectivity index (χ4n) is 1.34. The lowest BCUT2D eigenvalue weighted by molar-refractivity contribution is 0.247. The van der Waals surface area contributed by atoms with Gasteiger partial charge < -0.3 is 15.5 Å². The summed E-state index contributed by atoms with van der Waals surface area (Å²) in [5.74, 6) is 0.829. The maximum absolute atomic E-state index is 11.1. The van der Waals surface area contributed by atoms with Crippen LogP contribution in [0, 0.1) is 6.92 Å². The van der Waals surface area contributed by atoms with Crippen molar-refractivity contribution in [1.82, 2.24) is 10.6 Å². The van der Waals surface area contributed by atoms with Crippen molar-refractivity contribution >= 4 is 18.1 Å². The van der Waals surface area contributed by atoms with Gasteiger partial charge in [0.1, 0.15) is 5.76 Å². The number of rotatable bonds is 3. The molecule has 0 saturated heterocycles. The summed E-state index contributed by atoms with van der Waals surface area (Å²) >= 11 is 0. The van der Waals surface area contributed by atoms with Gasteiger partial charge in [-0.25, -0.2) is 9.79 Å². The van der Waals surface area contributed by atoms with Gasteiger partial charge in [-0.1, -0.05) is 6.08 Å². The van der Waals surface area contributed by atoms with Gasteiger partial charge in [0.15, 0.2) is 0 Å². The Kier molecular flexibility index (Phi) is 5.40. The Hall–Kier alpha value is -2.50. The summed E-state index contributed by atoms with van der Waals surface area (Å²) in [5.41, 5.74) is 7.11. The zero-order valence-electron chi connectivity index (χ0n) is 11.2. The Bertz CT molecular complexity index is 527. The van der Waals surface area contributed by atoms with Crippen molar-refractivity contribution in [3.63, 3.8) is 0 Å². The Morgan fingerprint density at radius 3 is 2.79 bits per heavy atom. The highest BCUT2D eigenvalue weighted by Gasteiger charge is 2.00. The number of nitrogens with zero attached hydrogens (tertiary/aromatic N) is 1. The second-order valence-electron chi connectivity index (χ2n) is 3.76. The van der Waals surface area contributed by atoms with Crippen LogP contribution < -0.4 is 16.4 Å². The van der Waals surface area contributed by atoms with Gasteiger partial charge in [-0.2, -0.15) is 0 Å². The monoisotopic (exact) mass is 262 g/mol. The minimum absolute atomic E-state index is 0.0175. The summed E-state index contributed by atoms with van der Waals surface area (Å²) < 4.78 is 5.20. The summed E-state index contributed by atoms with van der Waals surface area (Å²) in [6.07, 6.45) is 7.03. The maximum atomic E-state index is 11.1. The first-order valence-corrected chi connectivity index (χ1v) is 5.77. The molecule has 4 N–H and O–H groups in total.